The summed E-state index contributed by atoms with van der Waals surface area (Å²) in [5.74, 6) is 0.705. The minimum absolute atomic E-state index is 0.128. The van der Waals surface area contributed by atoms with Crippen molar-refractivity contribution < 1.29 is 9.53 Å². The summed E-state index contributed by atoms with van der Waals surface area (Å²) in [5, 5.41) is 15.3. The molecule has 1 unspecified atom stereocenters. The quantitative estimate of drug-likeness (QED) is 0.343. The molecule has 1 aromatic carbocycles. The van der Waals surface area contributed by atoms with Gasteiger partial charge in [-0.15, -0.1) is 16.4 Å². The van der Waals surface area contributed by atoms with Crippen LogP contribution in [0.15, 0.2) is 59.8 Å². The molecule has 0 bridgehead atoms. The van der Waals surface area contributed by atoms with Gasteiger partial charge in [0.15, 0.2) is 0 Å². The normalized spacial score (nSPS) is 14.5. The molecule has 1 amide bonds. The molecule has 5 aromatic rings. The summed E-state index contributed by atoms with van der Waals surface area (Å²) < 4.78 is 7.97. The molecule has 0 aliphatic carbocycles. The van der Waals surface area contributed by atoms with E-state index in [9.17, 15) is 9.59 Å². The van der Waals surface area contributed by atoms with E-state index in [1.54, 1.807) is 39.7 Å². The number of nitrogens with one attached hydrogen (secondary N) is 2. The minimum Gasteiger partial charge on any atom is -0.453 e. The number of ether oxygens (including phenoxy) is 1. The molecule has 0 spiro atoms. The number of aromatic amines is 1. The molecule has 5 heterocycles. The zero-order valence-corrected chi connectivity index (χ0v) is 21.0. The van der Waals surface area contributed by atoms with E-state index >= 15 is 0 Å². The zero-order valence-electron chi connectivity index (χ0n) is 19.4. The Morgan fingerprint density at radius 2 is 2.14 bits per heavy atom. The summed E-state index contributed by atoms with van der Waals surface area (Å²) >= 11 is 7.69. The lowest BCUT2D eigenvalue weighted by Crippen LogP contribution is -2.23. The number of imidazole rings is 1. The maximum atomic E-state index is 13.4. The molecule has 186 valence electrons. The molecule has 0 radical (unpaired) electrons. The van der Waals surface area contributed by atoms with Crippen LogP contribution >= 0.6 is 22.9 Å². The number of pyridine rings is 1. The second kappa shape index (κ2) is 9.30. The number of aromatic nitrogens is 7. The first-order valence-electron chi connectivity index (χ1n) is 11.3. The van der Waals surface area contributed by atoms with E-state index in [0.29, 0.717) is 15.8 Å². The summed E-state index contributed by atoms with van der Waals surface area (Å²) in [5.41, 5.74) is 3.82. The third kappa shape index (κ3) is 4.30. The fourth-order valence-electron chi connectivity index (χ4n) is 4.55. The number of tetrazole rings is 1. The number of halogens is 1. The van der Waals surface area contributed by atoms with Gasteiger partial charge in [0.05, 0.1) is 40.6 Å². The first kappa shape index (κ1) is 23.1. The van der Waals surface area contributed by atoms with Crippen LogP contribution in [0.25, 0.3) is 27.4 Å². The van der Waals surface area contributed by atoms with Crippen molar-refractivity contribution in [3.05, 3.63) is 81.9 Å². The predicted molar refractivity (Wildman–Crippen MR) is 138 cm³/mol. The van der Waals surface area contributed by atoms with Gasteiger partial charge in [-0.2, -0.15) is 4.68 Å². The van der Waals surface area contributed by atoms with E-state index in [4.69, 9.17) is 11.6 Å². The summed E-state index contributed by atoms with van der Waals surface area (Å²) in [6.45, 7) is 0. The van der Waals surface area contributed by atoms with Crippen LogP contribution in [-0.4, -0.2) is 47.9 Å². The Morgan fingerprint density at radius 3 is 2.95 bits per heavy atom. The Morgan fingerprint density at radius 1 is 1.24 bits per heavy atom. The molecule has 0 saturated heterocycles. The minimum atomic E-state index is -0.525. The number of carbonyl (C=O) groups is 1. The number of thiophene rings is 1. The fraction of sp³-hybridized carbons (Fsp3) is 0.167. The topological polar surface area (TPSA) is 133 Å². The summed E-state index contributed by atoms with van der Waals surface area (Å²) in [4.78, 5) is 33.7. The van der Waals surface area contributed by atoms with E-state index in [0.717, 1.165) is 45.9 Å². The van der Waals surface area contributed by atoms with Gasteiger partial charge in [-0.3, -0.25) is 10.1 Å². The van der Waals surface area contributed by atoms with E-state index in [2.05, 4.69) is 35.5 Å². The largest absolute Gasteiger partial charge is 0.453 e. The maximum Gasteiger partial charge on any atom is 0.411 e. The third-order valence-electron chi connectivity index (χ3n) is 6.19. The van der Waals surface area contributed by atoms with Gasteiger partial charge in [0, 0.05) is 22.3 Å². The third-order valence-corrected chi connectivity index (χ3v) is 7.46. The summed E-state index contributed by atoms with van der Waals surface area (Å²) in [6, 6.07) is 12.5. The van der Waals surface area contributed by atoms with E-state index < -0.39 is 6.09 Å². The number of fused-ring (bicyclic) bond motifs is 1. The Balaban J connectivity index is 1.32. The number of nitrogens with zero attached hydrogens (tertiary/aromatic N) is 6. The Kier molecular flexibility index (Phi) is 5.81. The fourth-order valence-corrected chi connectivity index (χ4v) is 5.58. The van der Waals surface area contributed by atoms with Crippen LogP contribution in [0.2, 0.25) is 5.02 Å². The first-order chi connectivity index (χ1) is 18.0. The van der Waals surface area contributed by atoms with Crippen LogP contribution in [0.1, 0.15) is 24.0 Å². The number of methoxy groups -OCH3 is 1. The van der Waals surface area contributed by atoms with Gasteiger partial charge in [0.1, 0.15) is 12.2 Å². The Bertz CT molecular complexity index is 1670. The van der Waals surface area contributed by atoms with Gasteiger partial charge < -0.3 is 14.3 Å². The molecule has 6 rings (SSSR count). The van der Waals surface area contributed by atoms with Gasteiger partial charge in [-0.25, -0.2) is 9.78 Å². The van der Waals surface area contributed by atoms with E-state index in [-0.39, 0.29) is 11.6 Å². The molecule has 37 heavy (non-hydrogen) atoms. The number of carbonyl (C=O) groups excluding carboxylic acids is 1. The lowest BCUT2D eigenvalue weighted by Gasteiger charge is -2.15. The molecule has 0 saturated carbocycles. The lowest BCUT2D eigenvalue weighted by molar-refractivity contribution is 0.187. The smallest absolute Gasteiger partial charge is 0.411 e. The molecule has 1 aliphatic heterocycles. The van der Waals surface area contributed by atoms with Crippen molar-refractivity contribution in [2.24, 2.45) is 0 Å². The maximum absolute atomic E-state index is 13.4. The number of benzene rings is 1. The van der Waals surface area contributed by atoms with Gasteiger partial charge in [0.25, 0.3) is 5.56 Å². The molecule has 0 fully saturated rings. The second-order valence-corrected chi connectivity index (χ2v) is 9.90. The van der Waals surface area contributed by atoms with Crippen molar-refractivity contribution in [3.63, 3.8) is 0 Å². The van der Waals surface area contributed by atoms with Crippen LogP contribution in [-0.2, 0) is 11.2 Å². The average molecular weight is 535 g/mol. The van der Waals surface area contributed by atoms with Crippen molar-refractivity contribution in [3.8, 4) is 27.4 Å². The van der Waals surface area contributed by atoms with Crippen molar-refractivity contribution in [2.75, 3.05) is 12.4 Å². The molecule has 1 aliphatic rings. The summed E-state index contributed by atoms with van der Waals surface area (Å²) in [7, 11) is 1.32. The standard InChI is InChI=1S/C24H19ClN8O3S/c1-36-24(35)29-21-7-6-20(37-21)17-11-26-23(28-17)19-5-3-15-8-13(9-22(34)33(15)19)16-10-14(25)2-4-18(16)32-12-27-30-31-32/h2,4,6-12,19H,3,5H2,1H3,(H,26,28)(H,29,35). The van der Waals surface area contributed by atoms with E-state index in [1.807, 2.05) is 18.2 Å². The van der Waals surface area contributed by atoms with Crippen molar-refractivity contribution in [2.45, 2.75) is 18.9 Å². The molecule has 11 nitrogen and oxygen atoms in total. The highest BCUT2D eigenvalue weighted by molar-refractivity contribution is 7.19. The summed E-state index contributed by atoms with van der Waals surface area (Å²) in [6.07, 6.45) is 4.17. The number of rotatable bonds is 5. The van der Waals surface area contributed by atoms with E-state index in [1.165, 1.54) is 24.8 Å². The van der Waals surface area contributed by atoms with Crippen LogP contribution in [0.5, 0.6) is 0 Å². The monoisotopic (exact) mass is 534 g/mol. The van der Waals surface area contributed by atoms with Crippen LogP contribution in [0, 0.1) is 0 Å². The lowest BCUT2D eigenvalue weighted by atomic mass is 10.0. The molecule has 1 atom stereocenters. The molecule has 2 N–H and O–H groups in total. The number of hydrogen-bond acceptors (Lipinski definition) is 8. The van der Waals surface area contributed by atoms with Crippen LogP contribution < -0.4 is 10.9 Å². The number of aryl methyl sites for hydroxylation is 1. The molecular weight excluding hydrogens is 516 g/mol. The SMILES string of the molecule is COC(=O)Nc1ccc(-c2cnc(C3CCc4cc(-c5cc(Cl)ccc5-n5cnnn5)cc(=O)n43)[nH]2)s1. The number of H-pyrrole nitrogens is 1. The van der Waals surface area contributed by atoms with Crippen molar-refractivity contribution in [1.82, 2.24) is 34.7 Å². The number of amides is 1. The number of anilines is 1. The van der Waals surface area contributed by atoms with Gasteiger partial charge in [0.2, 0.25) is 0 Å². The Hall–Kier alpha value is -4.29. The highest BCUT2D eigenvalue weighted by Gasteiger charge is 2.28. The van der Waals surface area contributed by atoms with Crippen molar-refractivity contribution >= 4 is 34.0 Å². The average Bonchev–Trinajstić information content (AvgIpc) is 3.70. The predicted octanol–water partition coefficient (Wildman–Crippen LogP) is 4.31. The molecule has 13 heteroatoms. The zero-order chi connectivity index (χ0) is 25.5. The van der Waals surface area contributed by atoms with Gasteiger partial charge >= 0.3 is 6.09 Å². The molecular formula is C24H19ClN8O3S. The second-order valence-electron chi connectivity index (χ2n) is 8.38. The first-order valence-corrected chi connectivity index (χ1v) is 12.5. The van der Waals surface area contributed by atoms with Crippen LogP contribution in [0.4, 0.5) is 9.80 Å². The van der Waals surface area contributed by atoms with Gasteiger partial charge in [-0.05, 0) is 65.2 Å². The highest BCUT2D eigenvalue weighted by Crippen LogP contribution is 2.35. The van der Waals surface area contributed by atoms with Crippen molar-refractivity contribution in [1.29, 1.82) is 0 Å². The van der Waals surface area contributed by atoms with Gasteiger partial charge in [-0.1, -0.05) is 11.6 Å². The van der Waals surface area contributed by atoms with Crippen LogP contribution in [0.3, 0.4) is 0 Å². The number of hydrogen-bond donors (Lipinski definition) is 2. The Labute approximate surface area is 218 Å². The molecule has 4 aromatic heterocycles. The highest BCUT2D eigenvalue weighted by atomic mass is 35.5.